The van der Waals surface area contributed by atoms with Crippen LogP contribution in [0.4, 0.5) is 0 Å². The summed E-state index contributed by atoms with van der Waals surface area (Å²) < 4.78 is 5.49. The summed E-state index contributed by atoms with van der Waals surface area (Å²) >= 11 is 0. The fraction of sp³-hybridized carbons (Fsp3) is 1.00. The summed E-state index contributed by atoms with van der Waals surface area (Å²) in [5, 5.41) is 0. The van der Waals surface area contributed by atoms with E-state index in [0.29, 0.717) is 12.2 Å². The van der Waals surface area contributed by atoms with Crippen LogP contribution >= 0.6 is 0 Å². The molecular weight excluding hydrogens is 136 g/mol. The third-order valence-electron chi connectivity index (χ3n) is 3.08. The van der Waals surface area contributed by atoms with Crippen molar-refractivity contribution in [3.63, 3.8) is 0 Å². The summed E-state index contributed by atoms with van der Waals surface area (Å²) in [6, 6.07) is 0. The zero-order valence-corrected chi connectivity index (χ0v) is 7.38. The molecule has 0 N–H and O–H groups in total. The molecule has 3 unspecified atom stereocenters. The molecule has 0 spiro atoms. The molecule has 1 saturated heterocycles. The van der Waals surface area contributed by atoms with Crippen molar-refractivity contribution in [2.24, 2.45) is 5.92 Å². The van der Waals surface area contributed by atoms with Gasteiger partial charge >= 0.3 is 0 Å². The zero-order valence-electron chi connectivity index (χ0n) is 7.38. The van der Waals surface area contributed by atoms with Gasteiger partial charge in [-0.3, -0.25) is 0 Å². The van der Waals surface area contributed by atoms with Gasteiger partial charge in [0, 0.05) is 0 Å². The summed E-state index contributed by atoms with van der Waals surface area (Å²) in [5.74, 6) is 0.999. The molecule has 1 saturated carbocycles. The summed E-state index contributed by atoms with van der Waals surface area (Å²) in [4.78, 5) is 0. The van der Waals surface area contributed by atoms with Gasteiger partial charge in [-0.15, -0.1) is 0 Å². The van der Waals surface area contributed by atoms with E-state index in [1.54, 1.807) is 0 Å². The monoisotopic (exact) mass is 154 g/mol. The first-order valence-electron chi connectivity index (χ1n) is 5.05. The van der Waals surface area contributed by atoms with Gasteiger partial charge < -0.3 is 4.74 Å². The average Bonchev–Trinajstić information content (AvgIpc) is 2.78. The minimum Gasteiger partial charge on any atom is -0.370 e. The predicted molar refractivity (Wildman–Crippen MR) is 45.5 cm³/mol. The Kier molecular flexibility index (Phi) is 2.17. The molecule has 3 atom stereocenters. The van der Waals surface area contributed by atoms with Crippen LogP contribution in [0.25, 0.3) is 0 Å². The van der Waals surface area contributed by atoms with E-state index in [-0.39, 0.29) is 0 Å². The first-order valence-corrected chi connectivity index (χ1v) is 5.05. The van der Waals surface area contributed by atoms with Gasteiger partial charge in [0.2, 0.25) is 0 Å². The molecule has 1 aliphatic carbocycles. The van der Waals surface area contributed by atoms with Gasteiger partial charge in [-0.25, -0.2) is 0 Å². The lowest BCUT2D eigenvalue weighted by Gasteiger charge is -2.17. The van der Waals surface area contributed by atoms with Gasteiger partial charge in [0.25, 0.3) is 0 Å². The second-order valence-corrected chi connectivity index (χ2v) is 4.03. The van der Waals surface area contributed by atoms with Crippen LogP contribution in [0.1, 0.15) is 45.4 Å². The minimum atomic E-state index is 0.686. The highest BCUT2D eigenvalue weighted by atomic mass is 16.6. The fourth-order valence-electron chi connectivity index (χ4n) is 2.24. The molecule has 2 aliphatic rings. The van der Waals surface area contributed by atoms with Crippen LogP contribution < -0.4 is 0 Å². The number of fused-ring (bicyclic) bond motifs is 1. The Balaban J connectivity index is 1.68. The molecule has 1 nitrogen and oxygen atoms in total. The van der Waals surface area contributed by atoms with Crippen molar-refractivity contribution in [2.45, 2.75) is 57.7 Å². The maximum atomic E-state index is 5.49. The maximum absolute atomic E-state index is 5.49. The van der Waals surface area contributed by atoms with E-state index in [9.17, 15) is 0 Å². The van der Waals surface area contributed by atoms with Gasteiger partial charge in [0.1, 0.15) is 0 Å². The van der Waals surface area contributed by atoms with Crippen molar-refractivity contribution in [3.8, 4) is 0 Å². The number of hydrogen-bond acceptors (Lipinski definition) is 1. The quantitative estimate of drug-likeness (QED) is 0.569. The highest BCUT2D eigenvalue weighted by Gasteiger charge is 2.43. The zero-order chi connectivity index (χ0) is 7.68. The molecule has 0 radical (unpaired) electrons. The Morgan fingerprint density at radius 1 is 1.27 bits per heavy atom. The molecular formula is C10H18O. The second kappa shape index (κ2) is 3.14. The second-order valence-electron chi connectivity index (χ2n) is 4.03. The van der Waals surface area contributed by atoms with E-state index in [1.165, 1.54) is 38.5 Å². The Labute approximate surface area is 69.1 Å². The third kappa shape index (κ3) is 1.76. The van der Waals surface area contributed by atoms with Crippen molar-refractivity contribution in [1.82, 2.24) is 0 Å². The summed E-state index contributed by atoms with van der Waals surface area (Å²) in [6.45, 7) is 2.28. The first-order chi connectivity index (χ1) is 5.40. The standard InChI is InChI=1S/C10H18O/c1-2-3-4-8-5-6-9-10(7-8)11-9/h8-10H,2-7H2,1H3. The van der Waals surface area contributed by atoms with Gasteiger partial charge in [0.15, 0.2) is 0 Å². The van der Waals surface area contributed by atoms with E-state index >= 15 is 0 Å². The van der Waals surface area contributed by atoms with Gasteiger partial charge in [-0.2, -0.15) is 0 Å². The maximum Gasteiger partial charge on any atom is 0.0844 e. The molecule has 1 heterocycles. The van der Waals surface area contributed by atoms with E-state index in [1.807, 2.05) is 0 Å². The first kappa shape index (κ1) is 7.60. The summed E-state index contributed by atoms with van der Waals surface area (Å²) in [6.07, 6.45) is 9.74. The van der Waals surface area contributed by atoms with Gasteiger partial charge in [-0.1, -0.05) is 26.2 Å². The SMILES string of the molecule is CCCCC1CCC2OC2C1. The number of unbranched alkanes of at least 4 members (excludes halogenated alkanes) is 1. The van der Waals surface area contributed by atoms with Crippen LogP contribution in [-0.2, 0) is 4.74 Å². The van der Waals surface area contributed by atoms with E-state index in [2.05, 4.69) is 6.92 Å². The third-order valence-corrected chi connectivity index (χ3v) is 3.08. The lowest BCUT2D eigenvalue weighted by Crippen LogP contribution is -2.12. The summed E-state index contributed by atoms with van der Waals surface area (Å²) in [5.41, 5.74) is 0. The van der Waals surface area contributed by atoms with Crippen LogP contribution in [0.5, 0.6) is 0 Å². The van der Waals surface area contributed by atoms with Crippen LogP contribution in [0.2, 0.25) is 0 Å². The Hall–Kier alpha value is -0.0400. The number of hydrogen-bond donors (Lipinski definition) is 0. The molecule has 0 aromatic heterocycles. The Morgan fingerprint density at radius 3 is 2.91 bits per heavy atom. The predicted octanol–water partition coefficient (Wildman–Crippen LogP) is 2.74. The largest absolute Gasteiger partial charge is 0.370 e. The minimum absolute atomic E-state index is 0.686. The molecule has 64 valence electrons. The molecule has 0 bridgehead atoms. The normalized spacial score (nSPS) is 41.7. The van der Waals surface area contributed by atoms with Gasteiger partial charge in [-0.05, 0) is 25.2 Å². The van der Waals surface area contributed by atoms with Gasteiger partial charge in [0.05, 0.1) is 12.2 Å². The summed E-state index contributed by atoms with van der Waals surface area (Å²) in [7, 11) is 0. The number of ether oxygens (including phenoxy) is 1. The molecule has 11 heavy (non-hydrogen) atoms. The molecule has 2 rings (SSSR count). The average molecular weight is 154 g/mol. The fourth-order valence-corrected chi connectivity index (χ4v) is 2.24. The van der Waals surface area contributed by atoms with Crippen molar-refractivity contribution < 1.29 is 4.74 Å². The highest BCUT2D eigenvalue weighted by Crippen LogP contribution is 2.40. The van der Waals surface area contributed by atoms with E-state index < -0.39 is 0 Å². The smallest absolute Gasteiger partial charge is 0.0844 e. The van der Waals surface area contributed by atoms with Crippen LogP contribution in [-0.4, -0.2) is 12.2 Å². The van der Waals surface area contributed by atoms with Crippen molar-refractivity contribution >= 4 is 0 Å². The Bertz CT molecular complexity index is 133. The molecule has 1 heteroatoms. The topological polar surface area (TPSA) is 12.5 Å². The molecule has 2 fully saturated rings. The van der Waals surface area contributed by atoms with E-state index in [0.717, 1.165) is 5.92 Å². The van der Waals surface area contributed by atoms with E-state index in [4.69, 9.17) is 4.74 Å². The molecule has 0 aromatic carbocycles. The lowest BCUT2D eigenvalue weighted by atomic mass is 9.86. The van der Waals surface area contributed by atoms with Crippen molar-refractivity contribution in [1.29, 1.82) is 0 Å². The number of epoxide rings is 1. The van der Waals surface area contributed by atoms with Crippen LogP contribution in [0.3, 0.4) is 0 Å². The number of rotatable bonds is 3. The van der Waals surface area contributed by atoms with Crippen LogP contribution in [0.15, 0.2) is 0 Å². The lowest BCUT2D eigenvalue weighted by molar-refractivity contribution is 0.346. The highest BCUT2D eigenvalue weighted by molar-refractivity contribution is 4.91. The molecule has 0 amide bonds. The van der Waals surface area contributed by atoms with Crippen LogP contribution in [0, 0.1) is 5.92 Å². The molecule has 0 aromatic rings. The molecule has 1 aliphatic heterocycles. The van der Waals surface area contributed by atoms with Crippen molar-refractivity contribution in [2.75, 3.05) is 0 Å². The van der Waals surface area contributed by atoms with Crippen molar-refractivity contribution in [3.05, 3.63) is 0 Å². The Morgan fingerprint density at radius 2 is 2.18 bits per heavy atom.